The van der Waals surface area contributed by atoms with Gasteiger partial charge in [-0.15, -0.1) is 0 Å². The minimum absolute atomic E-state index is 0.774. The zero-order valence-electron chi connectivity index (χ0n) is 11.2. The van der Waals surface area contributed by atoms with Gasteiger partial charge in [0.1, 0.15) is 0 Å². The van der Waals surface area contributed by atoms with E-state index in [0.717, 1.165) is 25.7 Å². The number of carboxylic acids is 1. The Morgan fingerprint density at radius 2 is 1.33 bits per heavy atom. The molecule has 0 heterocycles. The lowest BCUT2D eigenvalue weighted by molar-refractivity contribution is -0.131. The molecule has 0 saturated heterocycles. The number of hydrogen-bond acceptors (Lipinski definition) is 1. The van der Waals surface area contributed by atoms with Crippen molar-refractivity contribution in [3.05, 3.63) is 48.6 Å². The summed E-state index contributed by atoms with van der Waals surface area (Å²) in [5, 5.41) is 8.37. The van der Waals surface area contributed by atoms with Gasteiger partial charge in [0.15, 0.2) is 0 Å². The van der Waals surface area contributed by atoms with Crippen LogP contribution in [-0.2, 0) is 4.79 Å². The van der Waals surface area contributed by atoms with E-state index in [1.807, 2.05) is 6.08 Å². The second-order valence-corrected chi connectivity index (χ2v) is 4.01. The van der Waals surface area contributed by atoms with E-state index in [1.54, 1.807) is 6.08 Å². The molecule has 0 spiro atoms. The molecule has 0 aliphatic carbocycles. The number of rotatable bonds is 10. The van der Waals surface area contributed by atoms with Crippen molar-refractivity contribution >= 4 is 5.97 Å². The highest BCUT2D eigenvalue weighted by Crippen LogP contribution is 1.97. The molecule has 1 N–H and O–H groups in total. The second kappa shape index (κ2) is 13.5. The van der Waals surface area contributed by atoms with Crippen molar-refractivity contribution < 1.29 is 9.90 Å². The van der Waals surface area contributed by atoms with Crippen LogP contribution in [0.15, 0.2) is 48.6 Å². The molecule has 0 aliphatic rings. The third-order valence-corrected chi connectivity index (χ3v) is 2.27. The lowest BCUT2D eigenvalue weighted by atomic mass is 10.2. The van der Waals surface area contributed by atoms with Gasteiger partial charge in [-0.1, -0.05) is 55.9 Å². The third-order valence-electron chi connectivity index (χ3n) is 2.27. The lowest BCUT2D eigenvalue weighted by Gasteiger charge is -1.87. The van der Waals surface area contributed by atoms with Crippen LogP contribution in [0, 0.1) is 0 Å². The van der Waals surface area contributed by atoms with Crippen molar-refractivity contribution in [1.82, 2.24) is 0 Å². The molecule has 0 aromatic heterocycles. The van der Waals surface area contributed by atoms with Gasteiger partial charge in [-0.25, -0.2) is 4.79 Å². The van der Waals surface area contributed by atoms with Gasteiger partial charge in [-0.3, -0.25) is 0 Å². The van der Waals surface area contributed by atoms with E-state index >= 15 is 0 Å². The van der Waals surface area contributed by atoms with Crippen molar-refractivity contribution in [2.24, 2.45) is 0 Å². The summed E-state index contributed by atoms with van der Waals surface area (Å²) in [6.07, 6.45) is 21.8. The molecule has 18 heavy (non-hydrogen) atoms. The summed E-state index contributed by atoms with van der Waals surface area (Å²) in [5.41, 5.74) is 0. The van der Waals surface area contributed by atoms with Crippen molar-refractivity contribution in [1.29, 1.82) is 0 Å². The summed E-state index contributed by atoms with van der Waals surface area (Å²) < 4.78 is 0. The average molecular weight is 248 g/mol. The zero-order chi connectivity index (χ0) is 13.5. The van der Waals surface area contributed by atoms with Crippen molar-refractivity contribution in [3.8, 4) is 0 Å². The van der Waals surface area contributed by atoms with Crippen LogP contribution in [-0.4, -0.2) is 11.1 Å². The van der Waals surface area contributed by atoms with Gasteiger partial charge in [-0.05, 0) is 32.1 Å². The Morgan fingerprint density at radius 3 is 1.89 bits per heavy atom. The Morgan fingerprint density at radius 1 is 0.833 bits per heavy atom. The fourth-order valence-electron chi connectivity index (χ4n) is 1.32. The van der Waals surface area contributed by atoms with Crippen LogP contribution in [0.25, 0.3) is 0 Å². The van der Waals surface area contributed by atoms with Gasteiger partial charge in [0, 0.05) is 6.08 Å². The summed E-state index contributed by atoms with van der Waals surface area (Å²) >= 11 is 0. The van der Waals surface area contributed by atoms with Crippen LogP contribution in [0.5, 0.6) is 0 Å². The Bertz CT molecular complexity index is 309. The molecule has 0 aliphatic heterocycles. The first kappa shape index (κ1) is 16.4. The first-order valence-electron chi connectivity index (χ1n) is 6.63. The number of aliphatic carboxylic acids is 1. The Labute approximate surface area is 110 Å². The normalized spacial score (nSPS) is 12.5. The molecule has 2 heteroatoms. The zero-order valence-corrected chi connectivity index (χ0v) is 11.2. The third kappa shape index (κ3) is 14.4. The Balaban J connectivity index is 3.43. The van der Waals surface area contributed by atoms with Gasteiger partial charge >= 0.3 is 5.97 Å². The summed E-state index contributed by atoms with van der Waals surface area (Å²) in [6, 6.07) is 0. The quantitative estimate of drug-likeness (QED) is 0.264. The molecule has 0 saturated carbocycles. The molecular formula is C16H24O2. The standard InChI is InChI=1S/C16H24O2/c1-2-3-4-5-6-7-8-9-10-11-12-13-14-15-16(17)18/h4-5,8-11,14-15H,2-3,6-7,12-13H2,1H3,(H,17,18)/b5-4-,9-8-,11-10-,15-14-. The van der Waals surface area contributed by atoms with E-state index in [2.05, 4.69) is 37.3 Å². The molecule has 0 atom stereocenters. The maximum Gasteiger partial charge on any atom is 0.327 e. The van der Waals surface area contributed by atoms with E-state index in [-0.39, 0.29) is 0 Å². The van der Waals surface area contributed by atoms with Gasteiger partial charge in [0.25, 0.3) is 0 Å². The molecule has 0 rings (SSSR count). The van der Waals surface area contributed by atoms with Crippen molar-refractivity contribution in [3.63, 3.8) is 0 Å². The summed E-state index contributed by atoms with van der Waals surface area (Å²) in [6.45, 7) is 2.18. The largest absolute Gasteiger partial charge is 0.478 e. The van der Waals surface area contributed by atoms with Gasteiger partial charge in [0.05, 0.1) is 0 Å². The van der Waals surface area contributed by atoms with Crippen LogP contribution in [0.3, 0.4) is 0 Å². The highest BCUT2D eigenvalue weighted by Gasteiger charge is 1.83. The Kier molecular flexibility index (Phi) is 12.3. The number of hydrogen-bond donors (Lipinski definition) is 1. The predicted octanol–water partition coefficient (Wildman–Crippen LogP) is 4.66. The summed E-state index contributed by atoms with van der Waals surface area (Å²) in [4.78, 5) is 10.2. The highest BCUT2D eigenvalue weighted by atomic mass is 16.4. The minimum atomic E-state index is -0.880. The average Bonchev–Trinajstić information content (AvgIpc) is 2.34. The molecule has 100 valence electrons. The molecule has 0 amide bonds. The summed E-state index contributed by atoms with van der Waals surface area (Å²) in [7, 11) is 0. The molecule has 0 unspecified atom stereocenters. The second-order valence-electron chi connectivity index (χ2n) is 4.01. The van der Waals surface area contributed by atoms with E-state index in [1.165, 1.54) is 18.9 Å². The van der Waals surface area contributed by atoms with Crippen molar-refractivity contribution in [2.75, 3.05) is 0 Å². The molecule has 0 radical (unpaired) electrons. The lowest BCUT2D eigenvalue weighted by Crippen LogP contribution is -1.84. The monoisotopic (exact) mass is 248 g/mol. The van der Waals surface area contributed by atoms with Crippen molar-refractivity contribution in [2.45, 2.75) is 45.4 Å². The topological polar surface area (TPSA) is 37.3 Å². The van der Waals surface area contributed by atoms with Crippen LogP contribution in [0.2, 0.25) is 0 Å². The van der Waals surface area contributed by atoms with Gasteiger partial charge in [-0.2, -0.15) is 0 Å². The highest BCUT2D eigenvalue weighted by molar-refractivity contribution is 5.79. The minimum Gasteiger partial charge on any atom is -0.478 e. The Hall–Kier alpha value is -1.57. The van der Waals surface area contributed by atoms with Gasteiger partial charge in [0.2, 0.25) is 0 Å². The maximum atomic E-state index is 10.2. The molecule has 0 aromatic carbocycles. The number of allylic oxidation sites excluding steroid dienone is 7. The smallest absolute Gasteiger partial charge is 0.327 e. The van der Waals surface area contributed by atoms with E-state index in [9.17, 15) is 4.79 Å². The predicted molar refractivity (Wildman–Crippen MR) is 77.6 cm³/mol. The van der Waals surface area contributed by atoms with Crippen LogP contribution in [0.1, 0.15) is 45.4 Å². The first-order valence-corrected chi connectivity index (χ1v) is 6.63. The summed E-state index contributed by atoms with van der Waals surface area (Å²) in [5.74, 6) is -0.880. The van der Waals surface area contributed by atoms with Gasteiger partial charge < -0.3 is 5.11 Å². The molecule has 0 fully saturated rings. The van der Waals surface area contributed by atoms with Crippen LogP contribution >= 0.6 is 0 Å². The first-order chi connectivity index (χ1) is 8.77. The van der Waals surface area contributed by atoms with E-state index < -0.39 is 5.97 Å². The van der Waals surface area contributed by atoms with Crippen LogP contribution < -0.4 is 0 Å². The molecule has 2 nitrogen and oxygen atoms in total. The fraction of sp³-hybridized carbons (Fsp3) is 0.438. The van der Waals surface area contributed by atoms with E-state index in [0.29, 0.717) is 0 Å². The van der Waals surface area contributed by atoms with E-state index in [4.69, 9.17) is 5.11 Å². The number of unbranched alkanes of at least 4 members (excludes halogenated alkanes) is 3. The SMILES string of the molecule is CCC/C=C\CC/C=C\C=C/CC/C=C\C(=O)O. The molecular weight excluding hydrogens is 224 g/mol. The number of carboxylic acid groups (broad SMARTS) is 1. The fourth-order valence-corrected chi connectivity index (χ4v) is 1.32. The molecule has 0 aromatic rings. The molecule has 0 bridgehead atoms. The number of carbonyl (C=O) groups is 1. The maximum absolute atomic E-state index is 10.2. The van der Waals surface area contributed by atoms with Crippen LogP contribution in [0.4, 0.5) is 0 Å².